The highest BCUT2D eigenvalue weighted by atomic mass is 16.2. The lowest BCUT2D eigenvalue weighted by molar-refractivity contribution is -0.127. The van der Waals surface area contributed by atoms with E-state index in [0.29, 0.717) is 12.2 Å². The highest BCUT2D eigenvalue weighted by Crippen LogP contribution is 2.24. The second-order valence-electron chi connectivity index (χ2n) is 6.63. The van der Waals surface area contributed by atoms with E-state index >= 15 is 0 Å². The summed E-state index contributed by atoms with van der Waals surface area (Å²) >= 11 is 0. The summed E-state index contributed by atoms with van der Waals surface area (Å²) in [5.74, 6) is 1.52. The Morgan fingerprint density at radius 1 is 1.00 bits per heavy atom. The van der Waals surface area contributed by atoms with Crippen LogP contribution < -0.4 is 5.32 Å². The number of amides is 1. The van der Waals surface area contributed by atoms with Gasteiger partial charge in [-0.1, -0.05) is 12.1 Å². The zero-order valence-corrected chi connectivity index (χ0v) is 16.0. The third-order valence-corrected chi connectivity index (χ3v) is 4.40. The molecule has 2 aromatic heterocycles. The third-order valence-electron chi connectivity index (χ3n) is 4.40. The van der Waals surface area contributed by atoms with Gasteiger partial charge in [0.25, 0.3) is 0 Å². The van der Waals surface area contributed by atoms with Gasteiger partial charge < -0.3 is 10.2 Å². The molecule has 0 spiro atoms. The van der Waals surface area contributed by atoms with Crippen LogP contribution in [0.5, 0.6) is 0 Å². The molecular formula is C21H23N5O. The molecule has 0 aliphatic rings. The average molecular weight is 361 g/mol. The Hall–Kier alpha value is -3.28. The third kappa shape index (κ3) is 4.47. The Labute approximate surface area is 159 Å². The number of rotatable bonds is 5. The van der Waals surface area contributed by atoms with Gasteiger partial charge in [0.1, 0.15) is 5.82 Å². The van der Waals surface area contributed by atoms with E-state index in [1.165, 1.54) is 0 Å². The Morgan fingerprint density at radius 2 is 1.67 bits per heavy atom. The number of benzene rings is 1. The second-order valence-corrected chi connectivity index (χ2v) is 6.63. The lowest BCUT2D eigenvalue weighted by Gasteiger charge is -2.13. The Balaban J connectivity index is 1.83. The van der Waals surface area contributed by atoms with Gasteiger partial charge in [-0.05, 0) is 43.7 Å². The summed E-state index contributed by atoms with van der Waals surface area (Å²) in [5, 5.41) is 3.36. The fourth-order valence-corrected chi connectivity index (χ4v) is 2.56. The maximum atomic E-state index is 11.8. The Morgan fingerprint density at radius 3 is 2.30 bits per heavy atom. The van der Waals surface area contributed by atoms with Crippen LogP contribution in [0.25, 0.3) is 11.4 Å². The number of hydrogen-bond acceptors (Lipinski definition) is 5. The Kier molecular flexibility index (Phi) is 5.45. The molecule has 0 atom stereocenters. The van der Waals surface area contributed by atoms with E-state index in [2.05, 4.69) is 20.3 Å². The van der Waals surface area contributed by atoms with Gasteiger partial charge >= 0.3 is 0 Å². The number of carbonyl (C=O) groups excluding carboxylic acids is 1. The average Bonchev–Trinajstić information content (AvgIpc) is 2.67. The molecule has 0 unspecified atom stereocenters. The lowest BCUT2D eigenvalue weighted by atomic mass is 10.1. The molecule has 3 aromatic rings. The number of nitrogens with zero attached hydrogens (tertiary/aromatic N) is 4. The van der Waals surface area contributed by atoms with Crippen molar-refractivity contribution < 1.29 is 4.79 Å². The summed E-state index contributed by atoms with van der Waals surface area (Å²) in [6, 6.07) is 11.6. The highest BCUT2D eigenvalue weighted by molar-refractivity contribution is 5.78. The predicted octanol–water partition coefficient (Wildman–Crippen LogP) is 3.53. The number of carbonyl (C=O) groups is 1. The summed E-state index contributed by atoms with van der Waals surface area (Å²) in [5.41, 5.74) is 4.74. The van der Waals surface area contributed by atoms with Crippen molar-refractivity contribution in [3.8, 4) is 11.4 Å². The van der Waals surface area contributed by atoms with E-state index in [1.807, 2.05) is 50.2 Å². The van der Waals surface area contributed by atoms with Crippen LogP contribution in [0.15, 0.2) is 48.8 Å². The fraction of sp³-hybridized carbons (Fsp3) is 0.238. The van der Waals surface area contributed by atoms with Gasteiger partial charge in [0.05, 0.1) is 6.42 Å². The van der Waals surface area contributed by atoms with E-state index in [9.17, 15) is 4.79 Å². The number of pyridine rings is 1. The van der Waals surface area contributed by atoms with E-state index in [4.69, 9.17) is 0 Å². The first-order chi connectivity index (χ1) is 12.9. The molecule has 1 N–H and O–H groups in total. The molecule has 3 rings (SSSR count). The maximum Gasteiger partial charge on any atom is 0.226 e. The zero-order valence-electron chi connectivity index (χ0n) is 16.0. The quantitative estimate of drug-likeness (QED) is 0.753. The monoisotopic (exact) mass is 361 g/mol. The first-order valence-electron chi connectivity index (χ1n) is 8.76. The van der Waals surface area contributed by atoms with Gasteiger partial charge in [-0.2, -0.15) is 0 Å². The van der Waals surface area contributed by atoms with Crippen molar-refractivity contribution in [2.24, 2.45) is 0 Å². The summed E-state index contributed by atoms with van der Waals surface area (Å²) in [4.78, 5) is 26.7. The standard InChI is InChI=1S/C21H23N5O/c1-14-15(2)23-21(17-9-11-22-12-10-17)25-20(14)24-18-7-5-16(6-8-18)13-19(27)26(3)4/h5-12H,13H2,1-4H3,(H,23,24,25). The molecule has 0 fully saturated rings. The SMILES string of the molecule is Cc1nc(-c2ccncc2)nc(Nc2ccc(CC(=O)N(C)C)cc2)c1C. The molecule has 0 aliphatic heterocycles. The summed E-state index contributed by atoms with van der Waals surface area (Å²) in [6.07, 6.45) is 3.86. The number of aromatic nitrogens is 3. The smallest absolute Gasteiger partial charge is 0.226 e. The molecule has 27 heavy (non-hydrogen) atoms. The van der Waals surface area contributed by atoms with Crippen molar-refractivity contribution >= 4 is 17.4 Å². The molecule has 1 amide bonds. The first-order valence-corrected chi connectivity index (χ1v) is 8.76. The van der Waals surface area contributed by atoms with Crippen LogP contribution in [0.2, 0.25) is 0 Å². The zero-order chi connectivity index (χ0) is 19.4. The highest BCUT2D eigenvalue weighted by Gasteiger charge is 2.11. The van der Waals surface area contributed by atoms with Gasteiger partial charge in [0, 0.05) is 49.0 Å². The molecule has 6 heteroatoms. The molecule has 1 aromatic carbocycles. The molecule has 0 aliphatic carbocycles. The van der Waals surface area contributed by atoms with Crippen LogP contribution in [0, 0.1) is 13.8 Å². The van der Waals surface area contributed by atoms with Gasteiger partial charge in [0.15, 0.2) is 5.82 Å². The molecule has 2 heterocycles. The van der Waals surface area contributed by atoms with Gasteiger partial charge in [0.2, 0.25) is 5.91 Å². The topological polar surface area (TPSA) is 71.0 Å². The van der Waals surface area contributed by atoms with E-state index in [-0.39, 0.29) is 5.91 Å². The molecule has 6 nitrogen and oxygen atoms in total. The van der Waals surface area contributed by atoms with Crippen molar-refractivity contribution in [3.63, 3.8) is 0 Å². The minimum absolute atomic E-state index is 0.0833. The van der Waals surface area contributed by atoms with Crippen molar-refractivity contribution in [3.05, 3.63) is 65.6 Å². The van der Waals surface area contributed by atoms with Crippen molar-refractivity contribution in [2.75, 3.05) is 19.4 Å². The van der Waals surface area contributed by atoms with Gasteiger partial charge in [-0.15, -0.1) is 0 Å². The molecule has 138 valence electrons. The number of aryl methyl sites for hydroxylation is 1. The van der Waals surface area contributed by atoms with E-state index in [0.717, 1.165) is 33.9 Å². The van der Waals surface area contributed by atoms with Crippen molar-refractivity contribution in [1.29, 1.82) is 0 Å². The first kappa shape index (κ1) is 18.5. The van der Waals surface area contributed by atoms with Crippen LogP contribution >= 0.6 is 0 Å². The predicted molar refractivity (Wildman–Crippen MR) is 107 cm³/mol. The van der Waals surface area contributed by atoms with Crippen LogP contribution in [0.1, 0.15) is 16.8 Å². The molecule has 0 saturated heterocycles. The minimum atomic E-state index is 0.0833. The fourth-order valence-electron chi connectivity index (χ4n) is 2.56. The number of anilines is 2. The van der Waals surface area contributed by atoms with Gasteiger partial charge in [-0.3, -0.25) is 9.78 Å². The largest absolute Gasteiger partial charge is 0.349 e. The molecule has 0 bridgehead atoms. The summed E-state index contributed by atoms with van der Waals surface area (Å²) in [6.45, 7) is 3.97. The van der Waals surface area contributed by atoms with Crippen LogP contribution in [-0.4, -0.2) is 39.9 Å². The van der Waals surface area contributed by atoms with Crippen LogP contribution in [0.3, 0.4) is 0 Å². The molecule has 0 radical (unpaired) electrons. The number of likely N-dealkylation sites (N-methyl/N-ethyl adjacent to an activating group) is 1. The molecule has 0 saturated carbocycles. The number of nitrogens with one attached hydrogen (secondary N) is 1. The lowest BCUT2D eigenvalue weighted by Crippen LogP contribution is -2.23. The second kappa shape index (κ2) is 7.95. The minimum Gasteiger partial charge on any atom is -0.349 e. The van der Waals surface area contributed by atoms with Crippen molar-refractivity contribution in [2.45, 2.75) is 20.3 Å². The normalized spacial score (nSPS) is 10.5. The number of hydrogen-bond donors (Lipinski definition) is 1. The van der Waals surface area contributed by atoms with Crippen LogP contribution in [-0.2, 0) is 11.2 Å². The van der Waals surface area contributed by atoms with E-state index in [1.54, 1.807) is 31.4 Å². The van der Waals surface area contributed by atoms with Gasteiger partial charge in [-0.25, -0.2) is 9.97 Å². The summed E-state index contributed by atoms with van der Waals surface area (Å²) in [7, 11) is 3.53. The van der Waals surface area contributed by atoms with Crippen LogP contribution in [0.4, 0.5) is 11.5 Å². The van der Waals surface area contributed by atoms with Crippen molar-refractivity contribution in [1.82, 2.24) is 19.9 Å². The Bertz CT molecular complexity index is 937. The summed E-state index contributed by atoms with van der Waals surface area (Å²) < 4.78 is 0. The van der Waals surface area contributed by atoms with E-state index < -0.39 is 0 Å². The maximum absolute atomic E-state index is 11.8. The molecular weight excluding hydrogens is 338 g/mol.